The second-order valence-corrected chi connectivity index (χ2v) is 5.37. The molecule has 4 amide bonds. The monoisotopic (exact) mass is 253 g/mol. The minimum Gasteiger partial charge on any atom is -0.302 e. The third kappa shape index (κ3) is 2.01. The Bertz CT molecular complexity index is 401. The second-order valence-electron chi connectivity index (χ2n) is 5.37. The second kappa shape index (κ2) is 4.35. The Morgan fingerprint density at radius 1 is 1.33 bits per heavy atom. The van der Waals surface area contributed by atoms with Crippen molar-refractivity contribution in [3.05, 3.63) is 0 Å². The van der Waals surface area contributed by atoms with Crippen LogP contribution in [0.2, 0.25) is 0 Å². The van der Waals surface area contributed by atoms with Crippen molar-refractivity contribution in [2.45, 2.75) is 32.7 Å². The van der Waals surface area contributed by atoms with Crippen molar-refractivity contribution in [3.8, 4) is 0 Å². The zero-order chi connectivity index (χ0) is 13.5. The molecule has 2 aliphatic rings. The van der Waals surface area contributed by atoms with E-state index in [1.165, 1.54) is 4.90 Å². The number of rotatable bonds is 4. The van der Waals surface area contributed by atoms with Gasteiger partial charge in [-0.15, -0.1) is 0 Å². The fraction of sp³-hybridized carbons (Fsp3) is 0.750. The van der Waals surface area contributed by atoms with E-state index in [1.807, 2.05) is 20.9 Å². The van der Waals surface area contributed by atoms with Crippen molar-refractivity contribution in [1.82, 2.24) is 15.1 Å². The molecule has 100 valence electrons. The summed E-state index contributed by atoms with van der Waals surface area (Å²) in [6.07, 6.45) is 1.11. The molecule has 0 atom stereocenters. The maximum Gasteiger partial charge on any atom is 0.330 e. The highest BCUT2D eigenvalue weighted by Gasteiger charge is 2.62. The fourth-order valence-electron chi connectivity index (χ4n) is 2.02. The van der Waals surface area contributed by atoms with Crippen molar-refractivity contribution in [2.75, 3.05) is 20.1 Å². The molecule has 6 heteroatoms. The van der Waals surface area contributed by atoms with E-state index in [1.54, 1.807) is 0 Å². The molecule has 2 rings (SSSR count). The van der Waals surface area contributed by atoms with Gasteiger partial charge in [-0.1, -0.05) is 0 Å². The highest BCUT2D eigenvalue weighted by atomic mass is 16.2. The molecule has 1 heterocycles. The van der Waals surface area contributed by atoms with Crippen LogP contribution in [0.25, 0.3) is 0 Å². The number of carbonyl (C=O) groups excluding carboxylic acids is 3. The van der Waals surface area contributed by atoms with E-state index in [9.17, 15) is 14.4 Å². The van der Waals surface area contributed by atoms with E-state index in [4.69, 9.17) is 0 Å². The van der Waals surface area contributed by atoms with Crippen LogP contribution in [0.5, 0.6) is 0 Å². The summed E-state index contributed by atoms with van der Waals surface area (Å²) in [5.74, 6) is -0.751. The van der Waals surface area contributed by atoms with Gasteiger partial charge in [0.2, 0.25) is 11.8 Å². The SMILES string of the molecule is CC(C)N(C)CCN1C(=O)NC(=O)C2(CC2)C1=O. The minimum absolute atomic E-state index is 0.326. The maximum absolute atomic E-state index is 12.1. The predicted octanol–water partition coefficient (Wildman–Crippen LogP) is 0.185. The number of carbonyl (C=O) groups is 3. The van der Waals surface area contributed by atoms with Crippen LogP contribution in [0, 0.1) is 5.41 Å². The summed E-state index contributed by atoms with van der Waals surface area (Å²) < 4.78 is 0. The van der Waals surface area contributed by atoms with Crippen molar-refractivity contribution in [2.24, 2.45) is 5.41 Å². The molecule has 2 fully saturated rings. The number of hydrogen-bond acceptors (Lipinski definition) is 4. The van der Waals surface area contributed by atoms with Gasteiger partial charge in [-0.2, -0.15) is 0 Å². The smallest absolute Gasteiger partial charge is 0.302 e. The molecular formula is C12H19N3O3. The Balaban J connectivity index is 2.01. The van der Waals surface area contributed by atoms with Crippen LogP contribution in [0.1, 0.15) is 26.7 Å². The first-order valence-electron chi connectivity index (χ1n) is 6.26. The summed E-state index contributed by atoms with van der Waals surface area (Å²) in [4.78, 5) is 38.6. The van der Waals surface area contributed by atoms with Gasteiger partial charge >= 0.3 is 6.03 Å². The molecular weight excluding hydrogens is 234 g/mol. The number of nitrogens with one attached hydrogen (secondary N) is 1. The van der Waals surface area contributed by atoms with Gasteiger partial charge in [0.1, 0.15) is 5.41 Å². The van der Waals surface area contributed by atoms with Gasteiger partial charge in [-0.3, -0.25) is 19.8 Å². The summed E-state index contributed by atoms with van der Waals surface area (Å²) in [6.45, 7) is 5.03. The molecule has 1 saturated carbocycles. The molecule has 1 spiro atoms. The van der Waals surface area contributed by atoms with E-state index in [0.717, 1.165) is 0 Å². The molecule has 1 aliphatic carbocycles. The molecule has 18 heavy (non-hydrogen) atoms. The van der Waals surface area contributed by atoms with Gasteiger partial charge < -0.3 is 4.90 Å². The molecule has 0 aromatic heterocycles. The number of barbiturate groups is 1. The lowest BCUT2D eigenvalue weighted by molar-refractivity contribution is -0.144. The van der Waals surface area contributed by atoms with Gasteiger partial charge in [0, 0.05) is 19.1 Å². The quantitative estimate of drug-likeness (QED) is 0.726. The zero-order valence-corrected chi connectivity index (χ0v) is 11.0. The Labute approximate surface area is 106 Å². The number of imide groups is 2. The van der Waals surface area contributed by atoms with Crippen molar-refractivity contribution >= 4 is 17.8 Å². The highest BCUT2D eigenvalue weighted by molar-refractivity contribution is 6.20. The van der Waals surface area contributed by atoms with Gasteiger partial charge in [-0.25, -0.2) is 4.79 Å². The highest BCUT2D eigenvalue weighted by Crippen LogP contribution is 2.48. The molecule has 0 radical (unpaired) electrons. The van der Waals surface area contributed by atoms with Crippen LogP contribution >= 0.6 is 0 Å². The summed E-state index contributed by atoms with van der Waals surface area (Å²) >= 11 is 0. The van der Waals surface area contributed by atoms with Crippen LogP contribution in [-0.4, -0.2) is 53.8 Å². The van der Waals surface area contributed by atoms with Crippen LogP contribution < -0.4 is 5.32 Å². The first-order valence-corrected chi connectivity index (χ1v) is 6.26. The molecule has 0 aromatic rings. The summed E-state index contributed by atoms with van der Waals surface area (Å²) in [6, 6.07) is -0.232. The van der Waals surface area contributed by atoms with Crippen molar-refractivity contribution < 1.29 is 14.4 Å². The Kier molecular flexibility index (Phi) is 3.14. The number of nitrogens with zero attached hydrogens (tertiary/aromatic N) is 2. The van der Waals surface area contributed by atoms with E-state index in [2.05, 4.69) is 10.2 Å². The summed E-state index contributed by atoms with van der Waals surface area (Å²) in [5, 5.41) is 2.27. The van der Waals surface area contributed by atoms with Gasteiger partial charge in [-0.05, 0) is 33.7 Å². The van der Waals surface area contributed by atoms with Crippen LogP contribution in [0.4, 0.5) is 4.79 Å². The summed E-state index contributed by atoms with van der Waals surface area (Å²) in [5.41, 5.74) is -0.926. The lowest BCUT2D eigenvalue weighted by atomic mass is 10.0. The largest absolute Gasteiger partial charge is 0.330 e. The average molecular weight is 253 g/mol. The van der Waals surface area contributed by atoms with Gasteiger partial charge in [0.15, 0.2) is 0 Å². The lowest BCUT2D eigenvalue weighted by Gasteiger charge is -2.32. The Morgan fingerprint density at radius 3 is 2.44 bits per heavy atom. The number of urea groups is 1. The Morgan fingerprint density at radius 2 is 1.94 bits per heavy atom. The third-order valence-electron chi connectivity index (χ3n) is 3.86. The molecule has 1 aliphatic heterocycles. The van der Waals surface area contributed by atoms with Crippen LogP contribution in [0.3, 0.4) is 0 Å². The predicted molar refractivity (Wildman–Crippen MR) is 64.7 cm³/mol. The molecule has 0 aromatic carbocycles. The Hall–Kier alpha value is -1.43. The topological polar surface area (TPSA) is 69.7 Å². The fourth-order valence-corrected chi connectivity index (χ4v) is 2.02. The molecule has 1 N–H and O–H groups in total. The van der Waals surface area contributed by atoms with E-state index >= 15 is 0 Å². The third-order valence-corrected chi connectivity index (χ3v) is 3.86. The average Bonchev–Trinajstić information content (AvgIpc) is 3.07. The summed E-state index contributed by atoms with van der Waals surface area (Å²) in [7, 11) is 1.94. The van der Waals surface area contributed by atoms with Crippen molar-refractivity contribution in [1.29, 1.82) is 0 Å². The maximum atomic E-state index is 12.1. The van der Waals surface area contributed by atoms with Gasteiger partial charge in [0.25, 0.3) is 0 Å². The van der Waals surface area contributed by atoms with Crippen molar-refractivity contribution in [3.63, 3.8) is 0 Å². The zero-order valence-electron chi connectivity index (χ0n) is 11.0. The number of likely N-dealkylation sites (N-methyl/N-ethyl adjacent to an activating group) is 1. The normalized spacial score (nSPS) is 22.1. The van der Waals surface area contributed by atoms with E-state index in [-0.39, 0.29) is 5.91 Å². The van der Waals surface area contributed by atoms with Crippen LogP contribution in [-0.2, 0) is 9.59 Å². The van der Waals surface area contributed by atoms with E-state index in [0.29, 0.717) is 32.0 Å². The molecule has 0 bridgehead atoms. The molecule has 6 nitrogen and oxygen atoms in total. The molecule has 1 saturated heterocycles. The first kappa shape index (κ1) is 13.0. The van der Waals surface area contributed by atoms with Gasteiger partial charge in [0.05, 0.1) is 0 Å². The number of amides is 4. The number of hydrogen-bond donors (Lipinski definition) is 1. The minimum atomic E-state index is -0.926. The standard InChI is InChI=1S/C12H19N3O3/c1-8(2)14(3)6-7-15-10(17)12(4-5-12)9(16)13-11(15)18/h8H,4-7H2,1-3H3,(H,13,16,18). The van der Waals surface area contributed by atoms with E-state index < -0.39 is 17.4 Å². The first-order chi connectivity index (χ1) is 8.38. The lowest BCUT2D eigenvalue weighted by Crippen LogP contribution is -2.60. The molecule has 0 unspecified atom stereocenters. The van der Waals surface area contributed by atoms with Crippen LogP contribution in [0.15, 0.2) is 0 Å².